The van der Waals surface area contributed by atoms with E-state index in [1.807, 2.05) is 6.07 Å². The van der Waals surface area contributed by atoms with Crippen LogP contribution in [0.2, 0.25) is 0 Å². The van der Waals surface area contributed by atoms with E-state index in [9.17, 15) is 4.79 Å². The summed E-state index contributed by atoms with van der Waals surface area (Å²) in [6.07, 6.45) is 1.67. The molecule has 1 aromatic heterocycles. The molecule has 6 nitrogen and oxygen atoms in total. The van der Waals surface area contributed by atoms with Crippen molar-refractivity contribution in [1.29, 1.82) is 5.26 Å². The lowest BCUT2D eigenvalue weighted by Gasteiger charge is -2.07. The molecule has 2 rings (SSSR count). The summed E-state index contributed by atoms with van der Waals surface area (Å²) >= 11 is 0. The van der Waals surface area contributed by atoms with Gasteiger partial charge in [0.1, 0.15) is 6.07 Å². The Morgan fingerprint density at radius 1 is 1.42 bits per heavy atom. The second-order valence-corrected chi connectivity index (χ2v) is 4.23. The number of benzene rings is 1. The van der Waals surface area contributed by atoms with Gasteiger partial charge in [0.15, 0.2) is 5.69 Å². The standard InChI is InChI=1S/C13H13N5O/c1-17(2)13(19)12-5-6-18(16-12)10-3-4-11(15)9(7-10)8-14/h3-7H,15H2,1-2H3. The third kappa shape index (κ3) is 2.40. The van der Waals surface area contributed by atoms with Crippen molar-refractivity contribution in [2.45, 2.75) is 0 Å². The highest BCUT2D eigenvalue weighted by Crippen LogP contribution is 2.16. The number of nitriles is 1. The lowest BCUT2D eigenvalue weighted by Crippen LogP contribution is -2.22. The number of hydrogen-bond donors (Lipinski definition) is 1. The average Bonchev–Trinajstić information content (AvgIpc) is 2.87. The van der Waals surface area contributed by atoms with Crippen LogP contribution < -0.4 is 5.73 Å². The van der Waals surface area contributed by atoms with Crippen molar-refractivity contribution in [3.63, 3.8) is 0 Å². The van der Waals surface area contributed by atoms with Gasteiger partial charge in [0.25, 0.3) is 5.91 Å². The molecular formula is C13H13N5O. The van der Waals surface area contributed by atoms with Crippen LogP contribution in [0.15, 0.2) is 30.5 Å². The fourth-order valence-corrected chi connectivity index (χ4v) is 1.59. The van der Waals surface area contributed by atoms with Crippen LogP contribution in [0.3, 0.4) is 0 Å². The van der Waals surface area contributed by atoms with E-state index >= 15 is 0 Å². The van der Waals surface area contributed by atoms with Gasteiger partial charge in [0, 0.05) is 26.0 Å². The molecule has 0 aliphatic heterocycles. The van der Waals surface area contributed by atoms with E-state index in [0.29, 0.717) is 22.6 Å². The van der Waals surface area contributed by atoms with Crippen LogP contribution >= 0.6 is 0 Å². The molecule has 0 aliphatic rings. The Morgan fingerprint density at radius 3 is 2.79 bits per heavy atom. The molecule has 0 radical (unpaired) electrons. The van der Waals surface area contributed by atoms with Gasteiger partial charge in [0.2, 0.25) is 0 Å². The first-order valence-electron chi connectivity index (χ1n) is 5.60. The normalized spacial score (nSPS) is 9.95. The highest BCUT2D eigenvalue weighted by molar-refractivity contribution is 5.91. The van der Waals surface area contributed by atoms with E-state index in [2.05, 4.69) is 5.10 Å². The van der Waals surface area contributed by atoms with Crippen molar-refractivity contribution < 1.29 is 4.79 Å². The number of rotatable bonds is 2. The lowest BCUT2D eigenvalue weighted by atomic mass is 10.2. The van der Waals surface area contributed by atoms with Gasteiger partial charge in [-0.3, -0.25) is 4.79 Å². The van der Waals surface area contributed by atoms with Crippen molar-refractivity contribution in [2.75, 3.05) is 19.8 Å². The number of hydrogen-bond acceptors (Lipinski definition) is 4. The Balaban J connectivity index is 2.39. The maximum absolute atomic E-state index is 11.7. The molecule has 0 unspecified atom stereocenters. The Bertz CT molecular complexity index is 666. The average molecular weight is 255 g/mol. The van der Waals surface area contributed by atoms with Gasteiger partial charge >= 0.3 is 0 Å². The van der Waals surface area contributed by atoms with Gasteiger partial charge in [-0.25, -0.2) is 4.68 Å². The van der Waals surface area contributed by atoms with Gasteiger partial charge in [-0.2, -0.15) is 10.4 Å². The molecule has 6 heteroatoms. The molecule has 0 saturated carbocycles. The summed E-state index contributed by atoms with van der Waals surface area (Å²) < 4.78 is 1.54. The van der Waals surface area contributed by atoms with Crippen LogP contribution in [0.4, 0.5) is 5.69 Å². The summed E-state index contributed by atoms with van der Waals surface area (Å²) in [5.41, 5.74) is 7.49. The first kappa shape index (κ1) is 12.6. The predicted octanol–water partition coefficient (Wildman–Crippen LogP) is 1.03. The van der Waals surface area contributed by atoms with Gasteiger partial charge in [0.05, 0.1) is 11.3 Å². The van der Waals surface area contributed by atoms with Crippen LogP contribution in [-0.4, -0.2) is 34.7 Å². The molecule has 19 heavy (non-hydrogen) atoms. The Kier molecular flexibility index (Phi) is 3.21. The van der Waals surface area contributed by atoms with E-state index in [1.165, 1.54) is 9.58 Å². The number of carbonyl (C=O) groups is 1. The summed E-state index contributed by atoms with van der Waals surface area (Å²) in [4.78, 5) is 13.2. The zero-order valence-electron chi connectivity index (χ0n) is 10.7. The van der Waals surface area contributed by atoms with Crippen LogP contribution in [0, 0.1) is 11.3 Å². The number of anilines is 1. The second kappa shape index (κ2) is 4.82. The Morgan fingerprint density at radius 2 is 2.16 bits per heavy atom. The number of nitrogens with zero attached hydrogens (tertiary/aromatic N) is 4. The van der Waals surface area contributed by atoms with Gasteiger partial charge in [-0.05, 0) is 24.3 Å². The molecule has 96 valence electrons. The summed E-state index contributed by atoms with van der Waals surface area (Å²) in [5.74, 6) is -0.172. The van der Waals surface area contributed by atoms with Crippen LogP contribution in [0.25, 0.3) is 5.69 Å². The number of carbonyl (C=O) groups excluding carboxylic acids is 1. The molecule has 0 saturated heterocycles. The highest BCUT2D eigenvalue weighted by Gasteiger charge is 2.12. The molecule has 1 amide bonds. The van der Waals surface area contributed by atoms with Gasteiger partial charge in [-0.1, -0.05) is 0 Å². The van der Waals surface area contributed by atoms with Gasteiger partial charge in [-0.15, -0.1) is 0 Å². The minimum atomic E-state index is -0.172. The molecule has 0 bridgehead atoms. The molecular weight excluding hydrogens is 242 g/mol. The number of aromatic nitrogens is 2. The minimum absolute atomic E-state index is 0.172. The Hall–Kier alpha value is -2.81. The lowest BCUT2D eigenvalue weighted by molar-refractivity contribution is 0.0821. The van der Waals surface area contributed by atoms with E-state index in [4.69, 9.17) is 11.0 Å². The van der Waals surface area contributed by atoms with Crippen LogP contribution in [-0.2, 0) is 0 Å². The Labute approximate surface area is 110 Å². The fraction of sp³-hybridized carbons (Fsp3) is 0.154. The molecule has 0 fully saturated rings. The van der Waals surface area contributed by atoms with Crippen molar-refractivity contribution in [3.8, 4) is 11.8 Å². The van der Waals surface area contributed by atoms with Crippen LogP contribution in [0.5, 0.6) is 0 Å². The highest BCUT2D eigenvalue weighted by atomic mass is 16.2. The summed E-state index contributed by atoms with van der Waals surface area (Å²) in [6.45, 7) is 0. The van der Waals surface area contributed by atoms with E-state index in [1.54, 1.807) is 44.6 Å². The SMILES string of the molecule is CN(C)C(=O)c1ccn(-c2ccc(N)c(C#N)c2)n1. The maximum atomic E-state index is 11.7. The molecule has 0 spiro atoms. The molecule has 1 heterocycles. The fourth-order valence-electron chi connectivity index (χ4n) is 1.59. The third-order valence-corrected chi connectivity index (χ3v) is 2.64. The molecule has 0 aliphatic carbocycles. The van der Waals surface area contributed by atoms with Crippen molar-refractivity contribution in [2.24, 2.45) is 0 Å². The summed E-state index contributed by atoms with van der Waals surface area (Å²) in [6, 6.07) is 8.66. The largest absolute Gasteiger partial charge is 0.398 e. The van der Waals surface area contributed by atoms with E-state index in [-0.39, 0.29) is 5.91 Å². The van der Waals surface area contributed by atoms with E-state index in [0.717, 1.165) is 0 Å². The maximum Gasteiger partial charge on any atom is 0.273 e. The molecule has 2 aromatic rings. The van der Waals surface area contributed by atoms with E-state index < -0.39 is 0 Å². The van der Waals surface area contributed by atoms with Crippen LogP contribution in [0.1, 0.15) is 16.1 Å². The molecule has 1 aromatic carbocycles. The third-order valence-electron chi connectivity index (χ3n) is 2.64. The number of nitrogens with two attached hydrogens (primary N) is 1. The zero-order chi connectivity index (χ0) is 14.0. The second-order valence-electron chi connectivity index (χ2n) is 4.23. The minimum Gasteiger partial charge on any atom is -0.398 e. The number of amides is 1. The summed E-state index contributed by atoms with van der Waals surface area (Å²) in [7, 11) is 3.33. The van der Waals surface area contributed by atoms with Crippen molar-refractivity contribution in [1.82, 2.24) is 14.7 Å². The van der Waals surface area contributed by atoms with Crippen molar-refractivity contribution in [3.05, 3.63) is 41.7 Å². The monoisotopic (exact) mass is 255 g/mol. The van der Waals surface area contributed by atoms with Crippen molar-refractivity contribution >= 4 is 11.6 Å². The predicted molar refractivity (Wildman–Crippen MR) is 70.7 cm³/mol. The zero-order valence-corrected chi connectivity index (χ0v) is 10.7. The molecule has 2 N–H and O–H groups in total. The smallest absolute Gasteiger partial charge is 0.273 e. The quantitative estimate of drug-likeness (QED) is 0.812. The summed E-state index contributed by atoms with van der Waals surface area (Å²) in [5, 5.41) is 13.1. The first-order valence-corrected chi connectivity index (χ1v) is 5.60. The van der Waals surface area contributed by atoms with Gasteiger partial charge < -0.3 is 10.6 Å². The molecule has 0 atom stereocenters. The first-order chi connectivity index (χ1) is 9.02. The topological polar surface area (TPSA) is 87.9 Å². The number of nitrogen functional groups attached to an aromatic ring is 1.